The van der Waals surface area contributed by atoms with Crippen LogP contribution in [0, 0.1) is 13.8 Å². The maximum absolute atomic E-state index is 11.8. The Morgan fingerprint density at radius 3 is 2.47 bits per heavy atom. The molecule has 2 nitrogen and oxygen atoms in total. The third-order valence-electron chi connectivity index (χ3n) is 3.10. The van der Waals surface area contributed by atoms with E-state index in [2.05, 4.69) is 37.4 Å². The van der Waals surface area contributed by atoms with Crippen molar-refractivity contribution in [1.82, 2.24) is 5.32 Å². The molecule has 1 N–H and O–H groups in total. The highest BCUT2D eigenvalue weighted by atomic mass is 16.1. The minimum atomic E-state index is 0.336. The number of nitrogens with one attached hydrogen (secondary N) is 1. The van der Waals surface area contributed by atoms with Gasteiger partial charge in [0, 0.05) is 25.4 Å². The zero-order valence-corrected chi connectivity index (χ0v) is 10.8. The average Bonchev–Trinajstić information content (AvgIpc) is 2.99. The van der Waals surface area contributed by atoms with Crippen LogP contribution >= 0.6 is 0 Å². The molecule has 0 unspecified atom stereocenters. The predicted octanol–water partition coefficient (Wildman–Crippen LogP) is 2.56. The lowest BCUT2D eigenvalue weighted by Gasteiger charge is -2.05. The molecule has 1 aromatic rings. The summed E-state index contributed by atoms with van der Waals surface area (Å²) in [4.78, 5) is 11.8. The Hall–Kier alpha value is -1.15. The molecule has 1 aliphatic carbocycles. The van der Waals surface area contributed by atoms with E-state index in [0.29, 0.717) is 24.7 Å². The molecule has 92 valence electrons. The van der Waals surface area contributed by atoms with Crippen LogP contribution in [0.5, 0.6) is 0 Å². The van der Waals surface area contributed by atoms with Crippen molar-refractivity contribution in [2.24, 2.45) is 0 Å². The van der Waals surface area contributed by atoms with Crippen molar-refractivity contribution in [2.45, 2.75) is 45.6 Å². The molecule has 0 bridgehead atoms. The van der Waals surface area contributed by atoms with Crippen molar-refractivity contribution in [3.05, 3.63) is 34.9 Å². The van der Waals surface area contributed by atoms with Crippen molar-refractivity contribution < 1.29 is 4.79 Å². The van der Waals surface area contributed by atoms with Gasteiger partial charge in [-0.25, -0.2) is 0 Å². The number of aryl methyl sites for hydroxylation is 2. The van der Waals surface area contributed by atoms with Gasteiger partial charge in [0.1, 0.15) is 5.78 Å². The van der Waals surface area contributed by atoms with E-state index in [0.717, 1.165) is 12.1 Å². The highest BCUT2D eigenvalue weighted by molar-refractivity contribution is 5.81. The zero-order valence-electron chi connectivity index (χ0n) is 10.8. The molecule has 0 amide bonds. The number of hydrogen-bond acceptors (Lipinski definition) is 2. The molecular weight excluding hydrogens is 210 g/mol. The van der Waals surface area contributed by atoms with E-state index in [1.54, 1.807) is 0 Å². The van der Waals surface area contributed by atoms with Gasteiger partial charge in [0.05, 0.1) is 0 Å². The van der Waals surface area contributed by atoms with Crippen LogP contribution in [0.2, 0.25) is 0 Å². The monoisotopic (exact) mass is 231 g/mol. The van der Waals surface area contributed by atoms with Gasteiger partial charge in [0.15, 0.2) is 0 Å². The quantitative estimate of drug-likeness (QED) is 0.815. The van der Waals surface area contributed by atoms with Crippen LogP contribution in [-0.2, 0) is 11.2 Å². The zero-order chi connectivity index (χ0) is 12.3. The van der Waals surface area contributed by atoms with Gasteiger partial charge < -0.3 is 5.32 Å². The number of Topliss-reactive ketones (excluding diaryl/α,β-unsaturated/α-hetero) is 1. The Balaban J connectivity index is 1.79. The summed E-state index contributed by atoms with van der Waals surface area (Å²) in [6, 6.07) is 7.06. The Kier molecular flexibility index (Phi) is 3.95. The Bertz CT molecular complexity index is 387. The fourth-order valence-corrected chi connectivity index (χ4v) is 2.19. The fourth-order valence-electron chi connectivity index (χ4n) is 2.19. The van der Waals surface area contributed by atoms with Crippen LogP contribution in [0.3, 0.4) is 0 Å². The van der Waals surface area contributed by atoms with Crippen LogP contribution in [0.15, 0.2) is 18.2 Å². The molecule has 17 heavy (non-hydrogen) atoms. The van der Waals surface area contributed by atoms with Crippen LogP contribution in [-0.4, -0.2) is 18.4 Å². The van der Waals surface area contributed by atoms with Crippen molar-refractivity contribution in [3.8, 4) is 0 Å². The first kappa shape index (κ1) is 12.3. The number of hydrogen-bond donors (Lipinski definition) is 1. The summed E-state index contributed by atoms with van der Waals surface area (Å²) in [5.74, 6) is 0.336. The third-order valence-corrected chi connectivity index (χ3v) is 3.10. The molecule has 1 fully saturated rings. The van der Waals surface area contributed by atoms with Gasteiger partial charge in [-0.2, -0.15) is 0 Å². The van der Waals surface area contributed by atoms with E-state index < -0.39 is 0 Å². The number of carbonyl (C=O) groups is 1. The lowest BCUT2D eigenvalue weighted by molar-refractivity contribution is -0.118. The molecule has 0 atom stereocenters. The van der Waals surface area contributed by atoms with Gasteiger partial charge in [-0.1, -0.05) is 29.3 Å². The number of ketones is 1. The van der Waals surface area contributed by atoms with E-state index in [9.17, 15) is 4.79 Å². The summed E-state index contributed by atoms with van der Waals surface area (Å²) >= 11 is 0. The van der Waals surface area contributed by atoms with Gasteiger partial charge in [0.25, 0.3) is 0 Å². The van der Waals surface area contributed by atoms with Gasteiger partial charge >= 0.3 is 0 Å². The summed E-state index contributed by atoms with van der Waals surface area (Å²) in [6.07, 6.45) is 3.80. The predicted molar refractivity (Wildman–Crippen MR) is 70.3 cm³/mol. The minimum absolute atomic E-state index is 0.336. The number of rotatable bonds is 6. The van der Waals surface area contributed by atoms with Gasteiger partial charge in [0.2, 0.25) is 0 Å². The van der Waals surface area contributed by atoms with E-state index in [-0.39, 0.29) is 0 Å². The summed E-state index contributed by atoms with van der Waals surface area (Å²) in [6.45, 7) is 5.00. The van der Waals surface area contributed by atoms with Crippen molar-refractivity contribution in [2.75, 3.05) is 6.54 Å². The van der Waals surface area contributed by atoms with Crippen molar-refractivity contribution in [3.63, 3.8) is 0 Å². The molecule has 1 aliphatic rings. The summed E-state index contributed by atoms with van der Waals surface area (Å²) < 4.78 is 0. The second-order valence-electron chi connectivity index (χ2n) is 5.19. The molecule has 0 saturated heterocycles. The van der Waals surface area contributed by atoms with Gasteiger partial charge in [-0.15, -0.1) is 0 Å². The first-order valence-corrected chi connectivity index (χ1v) is 6.46. The van der Waals surface area contributed by atoms with E-state index in [1.807, 2.05) is 0 Å². The first-order chi connectivity index (χ1) is 8.13. The normalized spacial score (nSPS) is 14.9. The average molecular weight is 231 g/mol. The van der Waals surface area contributed by atoms with Crippen LogP contribution in [0.25, 0.3) is 0 Å². The molecule has 0 heterocycles. The number of benzene rings is 1. The van der Waals surface area contributed by atoms with E-state index in [1.165, 1.54) is 24.0 Å². The Labute approximate surface area is 103 Å². The number of carbonyl (C=O) groups excluding carboxylic acids is 1. The standard InChI is InChI=1S/C15H21NO/c1-11-7-12(2)9-13(8-11)10-15(17)5-6-16-14-3-4-14/h7-9,14,16H,3-6,10H2,1-2H3. The van der Waals surface area contributed by atoms with Crippen LogP contribution in [0.4, 0.5) is 0 Å². The Morgan fingerprint density at radius 2 is 1.88 bits per heavy atom. The first-order valence-electron chi connectivity index (χ1n) is 6.46. The highest BCUT2D eigenvalue weighted by Gasteiger charge is 2.20. The summed E-state index contributed by atoms with van der Waals surface area (Å²) in [5.41, 5.74) is 3.63. The smallest absolute Gasteiger partial charge is 0.138 e. The molecule has 2 rings (SSSR count). The molecule has 1 saturated carbocycles. The minimum Gasteiger partial charge on any atom is -0.314 e. The van der Waals surface area contributed by atoms with Crippen LogP contribution < -0.4 is 5.32 Å². The lowest BCUT2D eigenvalue weighted by Crippen LogP contribution is -2.20. The summed E-state index contributed by atoms with van der Waals surface area (Å²) in [7, 11) is 0. The molecule has 0 radical (unpaired) electrons. The van der Waals surface area contributed by atoms with Crippen LogP contribution in [0.1, 0.15) is 36.0 Å². The highest BCUT2D eigenvalue weighted by Crippen LogP contribution is 2.18. The van der Waals surface area contributed by atoms with Gasteiger partial charge in [-0.05, 0) is 32.3 Å². The SMILES string of the molecule is Cc1cc(C)cc(CC(=O)CCNC2CC2)c1. The molecule has 1 aromatic carbocycles. The second-order valence-corrected chi connectivity index (χ2v) is 5.19. The second kappa shape index (κ2) is 5.46. The molecule has 0 spiro atoms. The van der Waals surface area contributed by atoms with E-state index >= 15 is 0 Å². The molecule has 0 aromatic heterocycles. The lowest BCUT2D eigenvalue weighted by atomic mass is 10.0. The summed E-state index contributed by atoms with van der Waals surface area (Å²) in [5, 5.41) is 3.38. The van der Waals surface area contributed by atoms with Crippen molar-refractivity contribution >= 4 is 5.78 Å². The van der Waals surface area contributed by atoms with Crippen molar-refractivity contribution in [1.29, 1.82) is 0 Å². The van der Waals surface area contributed by atoms with E-state index in [4.69, 9.17) is 0 Å². The maximum Gasteiger partial charge on any atom is 0.138 e. The largest absolute Gasteiger partial charge is 0.314 e. The molecule has 0 aliphatic heterocycles. The Morgan fingerprint density at radius 1 is 1.24 bits per heavy atom. The maximum atomic E-state index is 11.8. The third kappa shape index (κ3) is 4.31. The van der Waals surface area contributed by atoms with Gasteiger partial charge in [-0.3, -0.25) is 4.79 Å². The molecule has 2 heteroatoms. The molecular formula is C15H21NO. The topological polar surface area (TPSA) is 29.1 Å². The fraction of sp³-hybridized carbons (Fsp3) is 0.533.